The highest BCUT2D eigenvalue weighted by Crippen LogP contribution is 2.29. The summed E-state index contributed by atoms with van der Waals surface area (Å²) >= 11 is 0. The van der Waals surface area contributed by atoms with E-state index in [-0.39, 0.29) is 0 Å². The third kappa shape index (κ3) is 1.95. The van der Waals surface area contributed by atoms with Gasteiger partial charge in [-0.2, -0.15) is 0 Å². The number of hydrogen-bond donors (Lipinski definition) is 2. The third-order valence-corrected chi connectivity index (χ3v) is 3.13. The van der Waals surface area contributed by atoms with E-state index in [1.54, 1.807) is 6.33 Å². The fourth-order valence-corrected chi connectivity index (χ4v) is 2.00. The Hall–Kier alpha value is -1.16. The number of hydrogen-bond acceptors (Lipinski definition) is 4. The Morgan fingerprint density at radius 2 is 2.33 bits per heavy atom. The van der Waals surface area contributed by atoms with Gasteiger partial charge in [0.1, 0.15) is 12.1 Å². The summed E-state index contributed by atoms with van der Waals surface area (Å²) in [5.41, 5.74) is 2.48. The smallest absolute Gasteiger partial charge is 0.132 e. The number of nitrogens with zero attached hydrogens (tertiary/aromatic N) is 2. The normalized spacial score (nSPS) is 19.7. The molecule has 1 fully saturated rings. The van der Waals surface area contributed by atoms with Crippen LogP contribution in [0, 0.1) is 5.92 Å². The van der Waals surface area contributed by atoms with Gasteiger partial charge in [-0.05, 0) is 31.7 Å². The van der Waals surface area contributed by atoms with Crippen LogP contribution in [-0.4, -0.2) is 23.1 Å². The van der Waals surface area contributed by atoms with E-state index in [9.17, 15) is 0 Å². The van der Waals surface area contributed by atoms with Crippen molar-refractivity contribution < 1.29 is 0 Å². The molecule has 0 atom stereocenters. The monoisotopic (exact) mass is 204 g/mol. The average molecular weight is 204 g/mol. The van der Waals surface area contributed by atoms with Crippen molar-refractivity contribution in [2.75, 3.05) is 18.4 Å². The number of fused-ring (bicyclic) bond motifs is 1. The summed E-state index contributed by atoms with van der Waals surface area (Å²) in [5.74, 6) is 1.95. The average Bonchev–Trinajstić information content (AvgIpc) is 3.10. The SMILES string of the molecule is c1nc2c(c(NCC3CC3)n1)CCNC2. The molecule has 0 aromatic carbocycles. The maximum Gasteiger partial charge on any atom is 0.132 e. The zero-order chi connectivity index (χ0) is 10.1. The van der Waals surface area contributed by atoms with E-state index >= 15 is 0 Å². The lowest BCUT2D eigenvalue weighted by atomic mass is 10.1. The van der Waals surface area contributed by atoms with Gasteiger partial charge in [-0.1, -0.05) is 0 Å². The molecule has 4 heteroatoms. The topological polar surface area (TPSA) is 49.8 Å². The molecular weight excluding hydrogens is 188 g/mol. The van der Waals surface area contributed by atoms with Gasteiger partial charge in [-0.3, -0.25) is 0 Å². The second-order valence-electron chi connectivity index (χ2n) is 4.40. The van der Waals surface area contributed by atoms with Gasteiger partial charge in [0.25, 0.3) is 0 Å². The van der Waals surface area contributed by atoms with Gasteiger partial charge < -0.3 is 10.6 Å². The zero-order valence-electron chi connectivity index (χ0n) is 8.79. The maximum atomic E-state index is 4.34. The molecule has 0 spiro atoms. The Balaban J connectivity index is 1.79. The molecule has 15 heavy (non-hydrogen) atoms. The van der Waals surface area contributed by atoms with E-state index in [1.807, 2.05) is 0 Å². The van der Waals surface area contributed by atoms with Crippen LogP contribution in [0.15, 0.2) is 6.33 Å². The van der Waals surface area contributed by atoms with E-state index in [2.05, 4.69) is 20.6 Å². The number of aromatic nitrogens is 2. The third-order valence-electron chi connectivity index (χ3n) is 3.13. The second kappa shape index (κ2) is 3.77. The summed E-state index contributed by atoms with van der Waals surface area (Å²) < 4.78 is 0. The Labute approximate surface area is 89.5 Å². The lowest BCUT2D eigenvalue weighted by molar-refractivity contribution is 0.623. The second-order valence-corrected chi connectivity index (χ2v) is 4.40. The lowest BCUT2D eigenvalue weighted by Crippen LogP contribution is -2.26. The molecule has 80 valence electrons. The van der Waals surface area contributed by atoms with Crippen LogP contribution in [0.5, 0.6) is 0 Å². The molecule has 0 radical (unpaired) electrons. The molecular formula is C11H16N4. The molecule has 1 aliphatic heterocycles. The molecule has 2 N–H and O–H groups in total. The van der Waals surface area contributed by atoms with Crippen LogP contribution in [0.2, 0.25) is 0 Å². The summed E-state index contributed by atoms with van der Waals surface area (Å²) in [5, 5.41) is 6.78. The Kier molecular flexibility index (Phi) is 2.29. The first-order valence-corrected chi connectivity index (χ1v) is 5.71. The van der Waals surface area contributed by atoms with Gasteiger partial charge in [-0.25, -0.2) is 9.97 Å². The van der Waals surface area contributed by atoms with Crippen molar-refractivity contribution in [3.05, 3.63) is 17.6 Å². The Morgan fingerprint density at radius 3 is 3.20 bits per heavy atom. The van der Waals surface area contributed by atoms with Crippen LogP contribution in [-0.2, 0) is 13.0 Å². The predicted molar refractivity (Wildman–Crippen MR) is 58.7 cm³/mol. The van der Waals surface area contributed by atoms with Crippen LogP contribution in [0.3, 0.4) is 0 Å². The fourth-order valence-electron chi connectivity index (χ4n) is 2.00. The lowest BCUT2D eigenvalue weighted by Gasteiger charge is -2.18. The molecule has 1 saturated carbocycles. The Morgan fingerprint density at radius 1 is 1.40 bits per heavy atom. The first-order chi connectivity index (χ1) is 7.43. The van der Waals surface area contributed by atoms with Crippen molar-refractivity contribution in [1.82, 2.24) is 15.3 Å². The molecule has 0 saturated heterocycles. The minimum absolute atomic E-state index is 0.885. The van der Waals surface area contributed by atoms with Crippen LogP contribution in [0.25, 0.3) is 0 Å². The minimum atomic E-state index is 0.885. The summed E-state index contributed by atoms with van der Waals surface area (Å²) in [4.78, 5) is 8.65. The minimum Gasteiger partial charge on any atom is -0.369 e. The van der Waals surface area contributed by atoms with E-state index in [1.165, 1.54) is 18.4 Å². The molecule has 0 amide bonds. The largest absolute Gasteiger partial charge is 0.369 e. The van der Waals surface area contributed by atoms with Crippen LogP contribution in [0.1, 0.15) is 24.1 Å². The van der Waals surface area contributed by atoms with E-state index < -0.39 is 0 Å². The van der Waals surface area contributed by atoms with E-state index in [4.69, 9.17) is 0 Å². The van der Waals surface area contributed by atoms with E-state index in [0.29, 0.717) is 0 Å². The molecule has 3 rings (SSSR count). The fraction of sp³-hybridized carbons (Fsp3) is 0.636. The van der Waals surface area contributed by atoms with Crippen LogP contribution < -0.4 is 10.6 Å². The van der Waals surface area contributed by atoms with Crippen molar-refractivity contribution >= 4 is 5.82 Å². The zero-order valence-corrected chi connectivity index (χ0v) is 8.79. The van der Waals surface area contributed by atoms with Crippen molar-refractivity contribution in [2.45, 2.75) is 25.8 Å². The summed E-state index contributed by atoms with van der Waals surface area (Å²) in [6.45, 7) is 3.01. The van der Waals surface area contributed by atoms with Crippen LogP contribution in [0.4, 0.5) is 5.82 Å². The Bertz CT molecular complexity index is 360. The van der Waals surface area contributed by atoms with E-state index in [0.717, 1.165) is 43.5 Å². The van der Waals surface area contributed by atoms with Crippen molar-refractivity contribution in [3.8, 4) is 0 Å². The maximum absolute atomic E-state index is 4.34. The van der Waals surface area contributed by atoms with Gasteiger partial charge in [0, 0.05) is 18.7 Å². The quantitative estimate of drug-likeness (QED) is 0.769. The van der Waals surface area contributed by atoms with Crippen molar-refractivity contribution in [1.29, 1.82) is 0 Å². The number of rotatable bonds is 3. The summed E-state index contributed by atoms with van der Waals surface area (Å²) in [6, 6.07) is 0. The van der Waals surface area contributed by atoms with Crippen molar-refractivity contribution in [2.24, 2.45) is 5.92 Å². The molecule has 0 bridgehead atoms. The highest BCUT2D eigenvalue weighted by Gasteiger charge is 2.22. The molecule has 1 aliphatic carbocycles. The van der Waals surface area contributed by atoms with Crippen molar-refractivity contribution in [3.63, 3.8) is 0 Å². The van der Waals surface area contributed by atoms with Gasteiger partial charge in [0.2, 0.25) is 0 Å². The van der Waals surface area contributed by atoms with Gasteiger partial charge >= 0.3 is 0 Å². The number of nitrogens with one attached hydrogen (secondary N) is 2. The highest BCUT2D eigenvalue weighted by atomic mass is 15.0. The van der Waals surface area contributed by atoms with Gasteiger partial charge in [0.05, 0.1) is 5.69 Å². The predicted octanol–water partition coefficient (Wildman–Crippen LogP) is 0.944. The first kappa shape index (κ1) is 9.09. The molecule has 2 aliphatic rings. The standard InChI is InChI=1S/C11H16N4/c1-2-8(1)5-13-11-9-3-4-12-6-10(9)14-7-15-11/h7-8,12H,1-6H2,(H,13,14,15). The summed E-state index contributed by atoms with van der Waals surface area (Å²) in [7, 11) is 0. The molecule has 0 unspecified atom stereocenters. The molecule has 2 heterocycles. The van der Waals surface area contributed by atoms with Gasteiger partial charge in [-0.15, -0.1) is 0 Å². The highest BCUT2D eigenvalue weighted by molar-refractivity contribution is 5.47. The van der Waals surface area contributed by atoms with Gasteiger partial charge in [0.15, 0.2) is 0 Å². The molecule has 1 aromatic heterocycles. The first-order valence-electron chi connectivity index (χ1n) is 5.71. The molecule has 4 nitrogen and oxygen atoms in total. The van der Waals surface area contributed by atoms with Crippen LogP contribution >= 0.6 is 0 Å². The molecule has 1 aromatic rings. The summed E-state index contributed by atoms with van der Waals surface area (Å²) in [6.07, 6.45) is 5.47. The number of anilines is 1.